The molecule has 6 heteroatoms. The Morgan fingerprint density at radius 3 is 3.00 bits per heavy atom. The maximum absolute atomic E-state index is 11.1. The van der Waals surface area contributed by atoms with E-state index in [1.54, 1.807) is 7.05 Å². The van der Waals surface area contributed by atoms with E-state index >= 15 is 0 Å². The summed E-state index contributed by atoms with van der Waals surface area (Å²) < 4.78 is 1.49. The molecule has 0 saturated carbocycles. The van der Waals surface area contributed by atoms with Crippen LogP contribution in [0, 0.1) is 0 Å². The summed E-state index contributed by atoms with van der Waals surface area (Å²) in [5, 5.41) is 7.60. The molecule has 0 spiro atoms. The quantitative estimate of drug-likeness (QED) is 0.848. The summed E-state index contributed by atoms with van der Waals surface area (Å²) in [4.78, 5) is 11.1. The van der Waals surface area contributed by atoms with Gasteiger partial charge < -0.3 is 5.32 Å². The van der Waals surface area contributed by atoms with Crippen LogP contribution in [0.3, 0.4) is 0 Å². The molecule has 1 N–H and O–H groups in total. The van der Waals surface area contributed by atoms with Gasteiger partial charge in [0.15, 0.2) is 0 Å². The maximum atomic E-state index is 11.1. The summed E-state index contributed by atoms with van der Waals surface area (Å²) in [6.07, 6.45) is 1.94. The van der Waals surface area contributed by atoms with Crippen molar-refractivity contribution < 1.29 is 4.79 Å². The molecule has 0 saturated heterocycles. The number of aromatic nitrogens is 2. The zero-order valence-electron chi connectivity index (χ0n) is 7.05. The molecule has 0 atom stereocenters. The molecule has 72 valence electrons. The van der Waals surface area contributed by atoms with Crippen molar-refractivity contribution in [2.75, 3.05) is 10.6 Å². The number of nitrogens with one attached hydrogen (secondary N) is 1. The Balaban J connectivity index is 2.64. The fourth-order valence-corrected chi connectivity index (χ4v) is 1.30. The van der Waals surface area contributed by atoms with E-state index in [0.717, 1.165) is 0 Å². The number of nitrogens with zero attached hydrogens (tertiary/aromatic N) is 2. The highest BCUT2D eigenvalue weighted by Crippen LogP contribution is 2.19. The number of hydrogen-bond acceptors (Lipinski definition) is 2. The van der Waals surface area contributed by atoms with Crippen molar-refractivity contribution >= 4 is 39.1 Å². The number of hydrogen-bond donors (Lipinski definition) is 1. The van der Waals surface area contributed by atoms with Gasteiger partial charge in [0.2, 0.25) is 5.91 Å². The molecule has 4 nitrogen and oxygen atoms in total. The Morgan fingerprint density at radius 2 is 2.54 bits per heavy atom. The van der Waals surface area contributed by atoms with Gasteiger partial charge in [0, 0.05) is 18.8 Å². The van der Waals surface area contributed by atoms with Crippen LogP contribution < -0.4 is 5.32 Å². The minimum atomic E-state index is -0.0771. The van der Waals surface area contributed by atoms with Crippen molar-refractivity contribution in [2.45, 2.75) is 6.42 Å². The topological polar surface area (TPSA) is 46.9 Å². The predicted octanol–water partition coefficient (Wildman–Crippen LogP) is 1.80. The lowest BCUT2D eigenvalue weighted by molar-refractivity contribution is -0.115. The first kappa shape index (κ1) is 10.5. The number of anilines is 1. The zero-order chi connectivity index (χ0) is 9.84. The molecule has 1 aromatic heterocycles. The Labute approximate surface area is 89.4 Å². The average molecular weight is 267 g/mol. The number of carbonyl (C=O) groups is 1. The van der Waals surface area contributed by atoms with E-state index in [-0.39, 0.29) is 5.91 Å². The second-order valence-electron chi connectivity index (χ2n) is 2.46. The summed E-state index contributed by atoms with van der Waals surface area (Å²) in [7, 11) is 1.71. The Bertz CT molecular complexity index is 313. The number of amides is 1. The van der Waals surface area contributed by atoms with Gasteiger partial charge in [-0.25, -0.2) is 0 Å². The van der Waals surface area contributed by atoms with Crippen LogP contribution in [0.15, 0.2) is 6.20 Å². The minimum Gasteiger partial charge on any atom is -0.322 e. The minimum absolute atomic E-state index is 0.0771. The molecule has 0 aromatic carbocycles. The van der Waals surface area contributed by atoms with Gasteiger partial charge in [0.05, 0.1) is 11.9 Å². The molecular formula is C7H9BrClN3O. The average Bonchev–Trinajstić information content (AvgIpc) is 2.37. The van der Waals surface area contributed by atoms with Gasteiger partial charge in [0.1, 0.15) is 5.15 Å². The normalized spacial score (nSPS) is 10.1. The van der Waals surface area contributed by atoms with Crippen molar-refractivity contribution in [3.8, 4) is 0 Å². The van der Waals surface area contributed by atoms with E-state index < -0.39 is 0 Å². The predicted molar refractivity (Wildman–Crippen MR) is 55.3 cm³/mol. The van der Waals surface area contributed by atoms with Gasteiger partial charge in [-0.2, -0.15) is 5.10 Å². The molecule has 0 fully saturated rings. The SMILES string of the molecule is Cn1ncc(NC(=O)CCBr)c1Cl. The van der Waals surface area contributed by atoms with E-state index in [1.165, 1.54) is 10.9 Å². The van der Waals surface area contributed by atoms with Gasteiger partial charge >= 0.3 is 0 Å². The number of rotatable bonds is 3. The smallest absolute Gasteiger partial charge is 0.225 e. The fraction of sp³-hybridized carbons (Fsp3) is 0.429. The van der Waals surface area contributed by atoms with Crippen molar-refractivity contribution in [3.05, 3.63) is 11.3 Å². The van der Waals surface area contributed by atoms with Crippen molar-refractivity contribution in [3.63, 3.8) is 0 Å². The third kappa shape index (κ3) is 2.70. The Morgan fingerprint density at radius 1 is 1.85 bits per heavy atom. The zero-order valence-corrected chi connectivity index (χ0v) is 9.39. The number of alkyl halides is 1. The lowest BCUT2D eigenvalue weighted by Crippen LogP contribution is -2.11. The largest absolute Gasteiger partial charge is 0.322 e. The lowest BCUT2D eigenvalue weighted by Gasteiger charge is -2.00. The number of aryl methyl sites for hydroxylation is 1. The molecular weight excluding hydrogens is 257 g/mol. The van der Waals surface area contributed by atoms with Gasteiger partial charge in [-0.3, -0.25) is 9.48 Å². The molecule has 1 amide bonds. The summed E-state index contributed by atoms with van der Waals surface area (Å²) in [5.41, 5.74) is 0.551. The van der Waals surface area contributed by atoms with E-state index in [2.05, 4.69) is 26.3 Å². The number of halogens is 2. The summed E-state index contributed by atoms with van der Waals surface area (Å²) in [6.45, 7) is 0. The van der Waals surface area contributed by atoms with Crippen LogP contribution in [-0.4, -0.2) is 21.0 Å². The first-order valence-corrected chi connectivity index (χ1v) is 5.18. The second kappa shape index (κ2) is 4.62. The lowest BCUT2D eigenvalue weighted by atomic mass is 10.4. The molecule has 0 radical (unpaired) electrons. The monoisotopic (exact) mass is 265 g/mol. The van der Waals surface area contributed by atoms with Crippen LogP contribution in [0.25, 0.3) is 0 Å². The second-order valence-corrected chi connectivity index (χ2v) is 3.61. The van der Waals surface area contributed by atoms with E-state index in [0.29, 0.717) is 22.6 Å². The first-order valence-electron chi connectivity index (χ1n) is 3.68. The summed E-state index contributed by atoms with van der Waals surface area (Å²) in [6, 6.07) is 0. The molecule has 0 aliphatic carbocycles. The highest BCUT2D eigenvalue weighted by molar-refractivity contribution is 9.09. The van der Waals surface area contributed by atoms with Gasteiger partial charge in [-0.1, -0.05) is 27.5 Å². The van der Waals surface area contributed by atoms with Crippen molar-refractivity contribution in [1.29, 1.82) is 0 Å². The highest BCUT2D eigenvalue weighted by Gasteiger charge is 2.08. The standard InChI is InChI=1S/C7H9BrClN3O/c1-12-7(9)5(4-10-12)11-6(13)2-3-8/h4H,2-3H2,1H3,(H,11,13). The van der Waals surface area contributed by atoms with Gasteiger partial charge in [-0.05, 0) is 0 Å². The molecule has 1 heterocycles. The van der Waals surface area contributed by atoms with Crippen LogP contribution in [0.5, 0.6) is 0 Å². The summed E-state index contributed by atoms with van der Waals surface area (Å²) in [5.74, 6) is -0.0771. The third-order valence-corrected chi connectivity index (χ3v) is 2.31. The molecule has 0 unspecified atom stereocenters. The molecule has 1 aromatic rings. The number of carbonyl (C=O) groups excluding carboxylic acids is 1. The van der Waals surface area contributed by atoms with Crippen LogP contribution in [0.2, 0.25) is 5.15 Å². The van der Waals surface area contributed by atoms with Crippen LogP contribution >= 0.6 is 27.5 Å². The molecule has 1 rings (SSSR count). The Kier molecular flexibility index (Phi) is 3.74. The van der Waals surface area contributed by atoms with E-state index in [9.17, 15) is 4.79 Å². The van der Waals surface area contributed by atoms with Gasteiger partial charge in [-0.15, -0.1) is 0 Å². The molecule has 0 aliphatic heterocycles. The first-order chi connectivity index (χ1) is 6.15. The summed E-state index contributed by atoms with van der Waals surface area (Å²) >= 11 is 9.00. The van der Waals surface area contributed by atoms with E-state index in [1.807, 2.05) is 0 Å². The molecule has 0 bridgehead atoms. The van der Waals surface area contributed by atoms with Crippen LogP contribution in [0.4, 0.5) is 5.69 Å². The van der Waals surface area contributed by atoms with E-state index in [4.69, 9.17) is 11.6 Å². The Hall–Kier alpha value is -0.550. The molecule has 0 aliphatic rings. The van der Waals surface area contributed by atoms with Crippen LogP contribution in [0.1, 0.15) is 6.42 Å². The molecule has 13 heavy (non-hydrogen) atoms. The fourth-order valence-electron chi connectivity index (χ4n) is 0.805. The van der Waals surface area contributed by atoms with Crippen LogP contribution in [-0.2, 0) is 11.8 Å². The van der Waals surface area contributed by atoms with Crippen molar-refractivity contribution in [2.24, 2.45) is 7.05 Å². The maximum Gasteiger partial charge on any atom is 0.225 e. The highest BCUT2D eigenvalue weighted by atomic mass is 79.9. The van der Waals surface area contributed by atoms with Gasteiger partial charge in [0.25, 0.3) is 0 Å². The van der Waals surface area contributed by atoms with Crippen molar-refractivity contribution in [1.82, 2.24) is 9.78 Å². The third-order valence-electron chi connectivity index (χ3n) is 1.46.